The van der Waals surface area contributed by atoms with Crippen molar-refractivity contribution >= 4 is 26.7 Å². The number of pyridine rings is 1. The van der Waals surface area contributed by atoms with Crippen molar-refractivity contribution in [3.8, 4) is 0 Å². The number of hydrogen-bond acceptors (Lipinski definition) is 5. The zero-order chi connectivity index (χ0) is 18.3. The van der Waals surface area contributed by atoms with Gasteiger partial charge in [-0.05, 0) is 18.6 Å². The van der Waals surface area contributed by atoms with E-state index in [1.54, 1.807) is 36.7 Å². The van der Waals surface area contributed by atoms with Crippen molar-refractivity contribution in [1.29, 1.82) is 0 Å². The Morgan fingerprint density at radius 2 is 2.12 bits per heavy atom. The van der Waals surface area contributed by atoms with E-state index in [0.29, 0.717) is 11.9 Å². The molecule has 0 fully saturated rings. The van der Waals surface area contributed by atoms with Crippen LogP contribution in [-0.2, 0) is 19.6 Å². The maximum atomic E-state index is 13.1. The molecule has 0 radical (unpaired) electrons. The summed E-state index contributed by atoms with van der Waals surface area (Å²) in [4.78, 5) is 16.2. The highest BCUT2D eigenvalue weighted by molar-refractivity contribution is 7.89. The molecule has 0 unspecified atom stereocenters. The molecule has 0 aliphatic carbocycles. The van der Waals surface area contributed by atoms with Crippen molar-refractivity contribution in [2.75, 3.05) is 33.4 Å². The molecule has 0 atom stereocenters. The number of sulfonamides is 1. The summed E-state index contributed by atoms with van der Waals surface area (Å²) in [6.45, 7) is 2.50. The van der Waals surface area contributed by atoms with Crippen molar-refractivity contribution in [3.05, 3.63) is 36.7 Å². The highest BCUT2D eigenvalue weighted by Crippen LogP contribution is 2.25. The van der Waals surface area contributed by atoms with Crippen LogP contribution in [0.15, 0.2) is 41.6 Å². The summed E-state index contributed by atoms with van der Waals surface area (Å²) >= 11 is 0. The van der Waals surface area contributed by atoms with Crippen LogP contribution in [0.3, 0.4) is 0 Å². The standard InChI is InChI=1S/C17H23N3O4S/c1-3-8-19-17(21)13-20(10-11-24-2)25(22,23)16-6-4-5-14-12-18-9-7-15(14)16/h4-7,9,12H,3,8,10-11,13H2,1-2H3,(H,19,21). The second-order valence-electron chi connectivity index (χ2n) is 5.53. The Morgan fingerprint density at radius 1 is 1.32 bits per heavy atom. The van der Waals surface area contributed by atoms with Crippen LogP contribution in [-0.4, -0.2) is 57.0 Å². The molecule has 1 heterocycles. The van der Waals surface area contributed by atoms with Crippen LogP contribution in [0, 0.1) is 0 Å². The van der Waals surface area contributed by atoms with Crippen molar-refractivity contribution in [3.63, 3.8) is 0 Å². The molecule has 0 saturated heterocycles. The number of methoxy groups -OCH3 is 1. The molecule has 1 aromatic carbocycles. The molecule has 1 aromatic heterocycles. The van der Waals surface area contributed by atoms with Crippen LogP contribution in [0.1, 0.15) is 13.3 Å². The lowest BCUT2D eigenvalue weighted by Crippen LogP contribution is -2.42. The predicted octanol–water partition coefficient (Wildman–Crippen LogP) is 1.40. The molecule has 0 aliphatic rings. The lowest BCUT2D eigenvalue weighted by molar-refractivity contribution is -0.121. The van der Waals surface area contributed by atoms with Gasteiger partial charge < -0.3 is 10.1 Å². The zero-order valence-electron chi connectivity index (χ0n) is 14.4. The number of fused-ring (bicyclic) bond motifs is 1. The minimum absolute atomic E-state index is 0.0971. The number of rotatable bonds is 9. The summed E-state index contributed by atoms with van der Waals surface area (Å²) in [6, 6.07) is 6.67. The Morgan fingerprint density at radius 3 is 2.84 bits per heavy atom. The second kappa shape index (κ2) is 8.89. The fourth-order valence-corrected chi connectivity index (χ4v) is 4.01. The maximum absolute atomic E-state index is 13.1. The van der Waals surface area contributed by atoms with Gasteiger partial charge in [0.25, 0.3) is 0 Å². The predicted molar refractivity (Wildman–Crippen MR) is 95.7 cm³/mol. The van der Waals surface area contributed by atoms with Gasteiger partial charge in [-0.3, -0.25) is 9.78 Å². The quantitative estimate of drug-likeness (QED) is 0.726. The molecule has 2 rings (SSSR count). The van der Waals surface area contributed by atoms with Gasteiger partial charge in [0.15, 0.2) is 0 Å². The highest BCUT2D eigenvalue weighted by atomic mass is 32.2. The van der Waals surface area contributed by atoms with Gasteiger partial charge in [-0.25, -0.2) is 8.42 Å². The van der Waals surface area contributed by atoms with E-state index in [0.717, 1.165) is 16.1 Å². The van der Waals surface area contributed by atoms with Gasteiger partial charge in [0, 0.05) is 43.4 Å². The minimum Gasteiger partial charge on any atom is -0.383 e. The van der Waals surface area contributed by atoms with Crippen LogP contribution in [0.5, 0.6) is 0 Å². The van der Waals surface area contributed by atoms with Crippen molar-refractivity contribution in [2.45, 2.75) is 18.2 Å². The third-order valence-electron chi connectivity index (χ3n) is 3.70. The summed E-state index contributed by atoms with van der Waals surface area (Å²) in [5.41, 5.74) is 0. The number of ether oxygens (including phenoxy) is 1. The van der Waals surface area contributed by atoms with Gasteiger partial charge in [-0.15, -0.1) is 0 Å². The van der Waals surface area contributed by atoms with Gasteiger partial charge in [-0.2, -0.15) is 4.31 Å². The van der Waals surface area contributed by atoms with E-state index in [-0.39, 0.29) is 30.5 Å². The summed E-state index contributed by atoms with van der Waals surface area (Å²) in [5, 5.41) is 4.01. The van der Waals surface area contributed by atoms with Crippen molar-refractivity contribution < 1.29 is 17.9 Å². The third-order valence-corrected chi connectivity index (χ3v) is 5.60. The van der Waals surface area contributed by atoms with E-state index >= 15 is 0 Å². The summed E-state index contributed by atoms with van der Waals surface area (Å²) in [7, 11) is -2.36. The van der Waals surface area contributed by atoms with Gasteiger partial charge in [-0.1, -0.05) is 19.1 Å². The Hall–Kier alpha value is -2.03. The van der Waals surface area contributed by atoms with E-state index in [9.17, 15) is 13.2 Å². The Labute approximate surface area is 148 Å². The molecule has 7 nitrogen and oxygen atoms in total. The SMILES string of the molecule is CCCNC(=O)CN(CCOC)S(=O)(=O)c1cccc2cnccc12. The molecule has 0 aliphatic heterocycles. The Kier molecular flexibility index (Phi) is 6.86. The average molecular weight is 365 g/mol. The van der Waals surface area contributed by atoms with E-state index in [1.165, 1.54) is 7.11 Å². The van der Waals surface area contributed by atoms with E-state index in [4.69, 9.17) is 4.74 Å². The monoisotopic (exact) mass is 365 g/mol. The maximum Gasteiger partial charge on any atom is 0.244 e. The average Bonchev–Trinajstić information content (AvgIpc) is 2.62. The molecular formula is C17H23N3O4S. The molecule has 1 N–H and O–H groups in total. The number of nitrogens with one attached hydrogen (secondary N) is 1. The van der Waals surface area contributed by atoms with Gasteiger partial charge in [0.2, 0.25) is 15.9 Å². The molecule has 1 amide bonds. The van der Waals surface area contributed by atoms with Crippen LogP contribution in [0.2, 0.25) is 0 Å². The van der Waals surface area contributed by atoms with Crippen LogP contribution in [0.25, 0.3) is 10.8 Å². The zero-order valence-corrected chi connectivity index (χ0v) is 15.3. The molecular weight excluding hydrogens is 342 g/mol. The summed E-state index contributed by atoms with van der Waals surface area (Å²) < 4.78 is 32.4. The molecule has 0 spiro atoms. The first-order valence-corrected chi connectivity index (χ1v) is 9.53. The van der Waals surface area contributed by atoms with Gasteiger partial charge in [0.1, 0.15) is 0 Å². The van der Waals surface area contributed by atoms with Crippen LogP contribution < -0.4 is 5.32 Å². The summed E-state index contributed by atoms with van der Waals surface area (Å²) in [6.07, 6.45) is 3.95. The minimum atomic E-state index is -3.86. The van der Waals surface area contributed by atoms with Crippen molar-refractivity contribution in [1.82, 2.24) is 14.6 Å². The number of amides is 1. The lowest BCUT2D eigenvalue weighted by atomic mass is 10.2. The summed E-state index contributed by atoms with van der Waals surface area (Å²) in [5.74, 6) is -0.330. The molecule has 25 heavy (non-hydrogen) atoms. The van der Waals surface area contributed by atoms with Crippen molar-refractivity contribution in [2.24, 2.45) is 0 Å². The Balaban J connectivity index is 2.37. The number of benzene rings is 1. The fourth-order valence-electron chi connectivity index (χ4n) is 2.41. The van der Waals surface area contributed by atoms with Gasteiger partial charge >= 0.3 is 0 Å². The first-order chi connectivity index (χ1) is 12.0. The van der Waals surface area contributed by atoms with E-state index in [1.807, 2.05) is 6.92 Å². The fraction of sp³-hybridized carbons (Fsp3) is 0.412. The smallest absolute Gasteiger partial charge is 0.244 e. The number of hydrogen-bond donors (Lipinski definition) is 1. The first kappa shape index (κ1) is 19.3. The van der Waals surface area contributed by atoms with E-state index < -0.39 is 10.0 Å². The molecule has 8 heteroatoms. The van der Waals surface area contributed by atoms with E-state index in [2.05, 4.69) is 10.3 Å². The van der Waals surface area contributed by atoms with Gasteiger partial charge in [0.05, 0.1) is 18.0 Å². The largest absolute Gasteiger partial charge is 0.383 e. The second-order valence-corrected chi connectivity index (χ2v) is 7.44. The Bertz CT molecular complexity index is 818. The normalized spacial score (nSPS) is 11.8. The molecule has 2 aromatic rings. The molecule has 0 saturated carbocycles. The number of carbonyl (C=O) groups excluding carboxylic acids is 1. The van der Waals surface area contributed by atoms with Crippen LogP contribution in [0.4, 0.5) is 0 Å². The first-order valence-electron chi connectivity index (χ1n) is 8.09. The number of nitrogens with zero attached hydrogens (tertiary/aromatic N) is 2. The third kappa shape index (κ3) is 4.75. The molecule has 136 valence electrons. The van der Waals surface area contributed by atoms with Crippen LogP contribution >= 0.6 is 0 Å². The number of aromatic nitrogens is 1. The molecule has 0 bridgehead atoms. The topological polar surface area (TPSA) is 88.6 Å². The number of carbonyl (C=O) groups is 1. The lowest BCUT2D eigenvalue weighted by Gasteiger charge is -2.22. The highest BCUT2D eigenvalue weighted by Gasteiger charge is 2.27.